The van der Waals surface area contributed by atoms with E-state index in [0.29, 0.717) is 31.1 Å². The van der Waals surface area contributed by atoms with Crippen molar-refractivity contribution < 1.29 is 13.9 Å². The molecule has 0 unspecified atom stereocenters. The standard InChI is InChI=1S/C14H22N2O3/c1-10-2-7-13(19-10)14(17)16-8-9-18-12-5-3-11(15)4-6-12/h2,7,11-12H,3-6,8-9,15H2,1H3,(H,16,17). The lowest BCUT2D eigenvalue weighted by Gasteiger charge is -2.26. The van der Waals surface area contributed by atoms with Crippen LogP contribution in [0.3, 0.4) is 0 Å². The van der Waals surface area contributed by atoms with Gasteiger partial charge in [-0.2, -0.15) is 0 Å². The number of nitrogens with one attached hydrogen (secondary N) is 1. The molecule has 0 radical (unpaired) electrons. The molecule has 1 saturated carbocycles. The van der Waals surface area contributed by atoms with Crippen molar-refractivity contribution in [3.63, 3.8) is 0 Å². The van der Waals surface area contributed by atoms with Crippen molar-refractivity contribution in [2.75, 3.05) is 13.2 Å². The maximum absolute atomic E-state index is 11.7. The molecule has 2 rings (SSSR count). The van der Waals surface area contributed by atoms with E-state index in [1.165, 1.54) is 0 Å². The highest BCUT2D eigenvalue weighted by molar-refractivity contribution is 5.91. The predicted octanol–water partition coefficient (Wildman–Crippen LogP) is 1.60. The fraction of sp³-hybridized carbons (Fsp3) is 0.643. The molecule has 5 nitrogen and oxygen atoms in total. The number of hydrogen-bond acceptors (Lipinski definition) is 4. The predicted molar refractivity (Wildman–Crippen MR) is 72.0 cm³/mol. The minimum atomic E-state index is -0.192. The molecular formula is C14H22N2O3. The molecule has 0 bridgehead atoms. The molecule has 1 heterocycles. The molecule has 1 aromatic heterocycles. The summed E-state index contributed by atoms with van der Waals surface area (Å²) in [6.45, 7) is 2.85. The quantitative estimate of drug-likeness (QED) is 0.794. The summed E-state index contributed by atoms with van der Waals surface area (Å²) in [6, 6.07) is 3.78. The third-order valence-corrected chi connectivity index (χ3v) is 3.42. The molecule has 1 fully saturated rings. The van der Waals surface area contributed by atoms with Gasteiger partial charge in [-0.1, -0.05) is 0 Å². The highest BCUT2D eigenvalue weighted by Gasteiger charge is 2.18. The average molecular weight is 266 g/mol. The average Bonchev–Trinajstić information content (AvgIpc) is 2.83. The number of carbonyl (C=O) groups excluding carboxylic acids is 1. The van der Waals surface area contributed by atoms with Crippen molar-refractivity contribution in [3.8, 4) is 0 Å². The molecule has 0 atom stereocenters. The summed E-state index contributed by atoms with van der Waals surface area (Å²) in [4.78, 5) is 11.7. The smallest absolute Gasteiger partial charge is 0.287 e. The number of aryl methyl sites for hydroxylation is 1. The summed E-state index contributed by atoms with van der Waals surface area (Å²) < 4.78 is 11.0. The van der Waals surface area contributed by atoms with Crippen LogP contribution in [0.5, 0.6) is 0 Å². The monoisotopic (exact) mass is 266 g/mol. The first-order valence-electron chi connectivity index (χ1n) is 6.87. The van der Waals surface area contributed by atoms with Crippen LogP contribution in [0, 0.1) is 6.92 Å². The zero-order valence-corrected chi connectivity index (χ0v) is 11.4. The number of nitrogens with two attached hydrogens (primary N) is 1. The molecule has 0 spiro atoms. The SMILES string of the molecule is Cc1ccc(C(=O)NCCOC2CCC(N)CC2)o1. The summed E-state index contributed by atoms with van der Waals surface area (Å²) in [5.41, 5.74) is 5.83. The molecular weight excluding hydrogens is 244 g/mol. The van der Waals surface area contributed by atoms with Gasteiger partial charge in [-0.05, 0) is 44.7 Å². The molecule has 1 aromatic rings. The topological polar surface area (TPSA) is 77.5 Å². The Hall–Kier alpha value is -1.33. The van der Waals surface area contributed by atoms with E-state index in [-0.39, 0.29) is 5.91 Å². The van der Waals surface area contributed by atoms with Crippen LogP contribution in [0.1, 0.15) is 42.0 Å². The van der Waals surface area contributed by atoms with E-state index >= 15 is 0 Å². The maximum atomic E-state index is 11.7. The first-order chi connectivity index (χ1) is 9.15. The Morgan fingerprint density at radius 1 is 1.42 bits per heavy atom. The highest BCUT2D eigenvalue weighted by atomic mass is 16.5. The molecule has 5 heteroatoms. The number of carbonyl (C=O) groups is 1. The lowest BCUT2D eigenvalue weighted by atomic mass is 9.94. The molecule has 0 aliphatic heterocycles. The second kappa shape index (κ2) is 6.73. The van der Waals surface area contributed by atoms with Crippen LogP contribution in [-0.4, -0.2) is 31.2 Å². The van der Waals surface area contributed by atoms with Crippen molar-refractivity contribution in [1.82, 2.24) is 5.32 Å². The Bertz CT molecular complexity index is 409. The van der Waals surface area contributed by atoms with Gasteiger partial charge in [-0.15, -0.1) is 0 Å². The molecule has 19 heavy (non-hydrogen) atoms. The largest absolute Gasteiger partial charge is 0.456 e. The lowest BCUT2D eigenvalue weighted by molar-refractivity contribution is 0.0266. The Morgan fingerprint density at radius 3 is 2.79 bits per heavy atom. The van der Waals surface area contributed by atoms with E-state index in [1.807, 2.05) is 6.92 Å². The maximum Gasteiger partial charge on any atom is 0.287 e. The first-order valence-corrected chi connectivity index (χ1v) is 6.87. The third kappa shape index (κ3) is 4.36. The minimum Gasteiger partial charge on any atom is -0.456 e. The van der Waals surface area contributed by atoms with Crippen LogP contribution in [0.15, 0.2) is 16.5 Å². The lowest BCUT2D eigenvalue weighted by Crippen LogP contribution is -2.32. The summed E-state index contributed by atoms with van der Waals surface area (Å²) in [5, 5.41) is 2.78. The number of furan rings is 1. The van der Waals surface area contributed by atoms with Gasteiger partial charge >= 0.3 is 0 Å². The number of rotatable bonds is 5. The number of hydrogen-bond donors (Lipinski definition) is 2. The normalized spacial score (nSPS) is 23.3. The van der Waals surface area contributed by atoms with E-state index < -0.39 is 0 Å². The molecule has 1 aliphatic rings. The Labute approximate surface area is 113 Å². The molecule has 1 amide bonds. The van der Waals surface area contributed by atoms with Crippen molar-refractivity contribution in [2.24, 2.45) is 5.73 Å². The molecule has 106 valence electrons. The summed E-state index contributed by atoms with van der Waals surface area (Å²) in [5.74, 6) is 0.892. The zero-order chi connectivity index (χ0) is 13.7. The highest BCUT2D eigenvalue weighted by Crippen LogP contribution is 2.19. The van der Waals surface area contributed by atoms with Crippen LogP contribution in [0.2, 0.25) is 0 Å². The summed E-state index contributed by atoms with van der Waals surface area (Å²) >= 11 is 0. The van der Waals surface area contributed by atoms with Gasteiger partial charge in [-0.3, -0.25) is 4.79 Å². The van der Waals surface area contributed by atoms with E-state index in [4.69, 9.17) is 14.9 Å². The van der Waals surface area contributed by atoms with Gasteiger partial charge in [0, 0.05) is 12.6 Å². The summed E-state index contributed by atoms with van der Waals surface area (Å²) in [6.07, 6.45) is 4.40. The molecule has 1 aliphatic carbocycles. The fourth-order valence-electron chi connectivity index (χ4n) is 2.29. The van der Waals surface area contributed by atoms with Gasteiger partial charge in [-0.25, -0.2) is 0 Å². The second-order valence-corrected chi connectivity index (χ2v) is 5.07. The van der Waals surface area contributed by atoms with Gasteiger partial charge in [0.15, 0.2) is 5.76 Å². The van der Waals surface area contributed by atoms with E-state index in [2.05, 4.69) is 5.32 Å². The van der Waals surface area contributed by atoms with Crippen molar-refractivity contribution in [2.45, 2.75) is 44.8 Å². The summed E-state index contributed by atoms with van der Waals surface area (Å²) in [7, 11) is 0. The van der Waals surface area contributed by atoms with Gasteiger partial charge in [0.2, 0.25) is 0 Å². The van der Waals surface area contributed by atoms with Crippen molar-refractivity contribution in [3.05, 3.63) is 23.7 Å². The Balaban J connectivity index is 1.60. The molecule has 0 saturated heterocycles. The van der Waals surface area contributed by atoms with E-state index in [9.17, 15) is 4.79 Å². The van der Waals surface area contributed by atoms with Crippen LogP contribution in [0.25, 0.3) is 0 Å². The Kier molecular flexibility index (Phi) is 4.99. The van der Waals surface area contributed by atoms with Gasteiger partial charge in [0.05, 0.1) is 12.7 Å². The van der Waals surface area contributed by atoms with Crippen LogP contribution in [-0.2, 0) is 4.74 Å². The van der Waals surface area contributed by atoms with E-state index in [0.717, 1.165) is 31.4 Å². The first kappa shape index (κ1) is 14.1. The van der Waals surface area contributed by atoms with Gasteiger partial charge in [0.25, 0.3) is 5.91 Å². The molecule has 3 N–H and O–H groups in total. The van der Waals surface area contributed by atoms with Crippen LogP contribution in [0.4, 0.5) is 0 Å². The number of ether oxygens (including phenoxy) is 1. The molecule has 0 aromatic carbocycles. The van der Waals surface area contributed by atoms with Gasteiger partial charge < -0.3 is 20.2 Å². The minimum absolute atomic E-state index is 0.192. The third-order valence-electron chi connectivity index (χ3n) is 3.42. The van der Waals surface area contributed by atoms with Crippen LogP contribution >= 0.6 is 0 Å². The fourth-order valence-corrected chi connectivity index (χ4v) is 2.29. The second-order valence-electron chi connectivity index (χ2n) is 5.07. The Morgan fingerprint density at radius 2 is 2.16 bits per heavy atom. The van der Waals surface area contributed by atoms with Crippen molar-refractivity contribution in [1.29, 1.82) is 0 Å². The zero-order valence-electron chi connectivity index (χ0n) is 11.4. The van der Waals surface area contributed by atoms with Crippen LogP contribution < -0.4 is 11.1 Å². The van der Waals surface area contributed by atoms with Gasteiger partial charge in [0.1, 0.15) is 5.76 Å². The number of amides is 1. The van der Waals surface area contributed by atoms with E-state index in [1.54, 1.807) is 12.1 Å². The van der Waals surface area contributed by atoms with Crippen molar-refractivity contribution >= 4 is 5.91 Å².